The second-order valence-electron chi connectivity index (χ2n) is 5.63. The van der Waals surface area contributed by atoms with E-state index in [0.717, 1.165) is 25.9 Å². The highest BCUT2D eigenvalue weighted by atomic mass is 35.5. The Kier molecular flexibility index (Phi) is 5.45. The van der Waals surface area contributed by atoms with E-state index in [1.807, 2.05) is 6.92 Å². The van der Waals surface area contributed by atoms with E-state index in [4.69, 9.17) is 17.3 Å². The molecule has 1 aliphatic rings. The molecule has 2 rings (SSSR count). The lowest BCUT2D eigenvalue weighted by atomic mass is 9.92. The zero-order valence-electron chi connectivity index (χ0n) is 12.2. The molecule has 1 amide bonds. The highest BCUT2D eigenvalue weighted by Crippen LogP contribution is 2.23. The van der Waals surface area contributed by atoms with E-state index >= 15 is 0 Å². The van der Waals surface area contributed by atoms with Crippen molar-refractivity contribution in [3.05, 3.63) is 23.2 Å². The van der Waals surface area contributed by atoms with Crippen molar-refractivity contribution in [1.82, 2.24) is 4.90 Å². The van der Waals surface area contributed by atoms with Gasteiger partial charge in [0.05, 0.1) is 24.0 Å². The van der Waals surface area contributed by atoms with Crippen molar-refractivity contribution in [1.29, 1.82) is 0 Å². The summed E-state index contributed by atoms with van der Waals surface area (Å²) in [4.78, 5) is 14.1. The first-order chi connectivity index (χ1) is 9.95. The summed E-state index contributed by atoms with van der Waals surface area (Å²) in [5.41, 5.74) is 6.86. The number of nitrogens with two attached hydrogens (primary N) is 1. The molecule has 1 aromatic carbocycles. The number of hydrogen-bond acceptors (Lipinski definition) is 4. The summed E-state index contributed by atoms with van der Waals surface area (Å²) in [5.74, 6) is 0.260. The molecule has 4 N–H and O–H groups in total. The van der Waals surface area contributed by atoms with Crippen LogP contribution in [0.15, 0.2) is 18.2 Å². The summed E-state index contributed by atoms with van der Waals surface area (Å²) < 4.78 is 0. The molecule has 0 radical (unpaired) electrons. The number of amides is 1. The van der Waals surface area contributed by atoms with Gasteiger partial charge in [-0.05, 0) is 57.0 Å². The Morgan fingerprint density at radius 2 is 2.19 bits per heavy atom. The molecule has 1 fully saturated rings. The molecule has 1 aliphatic heterocycles. The van der Waals surface area contributed by atoms with Gasteiger partial charge in [-0.1, -0.05) is 11.6 Å². The molecule has 1 unspecified atom stereocenters. The van der Waals surface area contributed by atoms with Crippen molar-refractivity contribution in [2.24, 2.45) is 5.92 Å². The van der Waals surface area contributed by atoms with Gasteiger partial charge < -0.3 is 16.2 Å². The molecule has 0 bridgehead atoms. The fraction of sp³-hybridized carbons (Fsp3) is 0.533. The van der Waals surface area contributed by atoms with Crippen molar-refractivity contribution < 1.29 is 9.90 Å². The Morgan fingerprint density at radius 1 is 1.52 bits per heavy atom. The van der Waals surface area contributed by atoms with Crippen LogP contribution < -0.4 is 11.1 Å². The number of likely N-dealkylation sites (tertiary alicyclic amines) is 1. The van der Waals surface area contributed by atoms with E-state index in [9.17, 15) is 9.90 Å². The summed E-state index contributed by atoms with van der Waals surface area (Å²) in [5, 5.41) is 12.9. The minimum Gasteiger partial charge on any atom is -0.397 e. The summed E-state index contributed by atoms with van der Waals surface area (Å²) >= 11 is 5.83. The Balaban J connectivity index is 1.83. The smallest absolute Gasteiger partial charge is 0.238 e. The van der Waals surface area contributed by atoms with Crippen LogP contribution in [0.25, 0.3) is 0 Å². The monoisotopic (exact) mass is 311 g/mol. The molecule has 21 heavy (non-hydrogen) atoms. The number of carbonyl (C=O) groups excluding carboxylic acids is 1. The first kappa shape index (κ1) is 16.1. The maximum atomic E-state index is 12.0. The average molecular weight is 312 g/mol. The van der Waals surface area contributed by atoms with Gasteiger partial charge in [0.2, 0.25) is 5.91 Å². The zero-order valence-corrected chi connectivity index (χ0v) is 12.9. The number of nitrogens with one attached hydrogen (secondary N) is 1. The van der Waals surface area contributed by atoms with Crippen molar-refractivity contribution in [3.63, 3.8) is 0 Å². The van der Waals surface area contributed by atoms with E-state index in [0.29, 0.717) is 28.9 Å². The fourth-order valence-electron chi connectivity index (χ4n) is 2.63. The standard InChI is InChI=1S/C15H22ClN3O2/c1-10(20)11-4-6-19(7-5-11)9-15(21)18-14-3-2-12(16)8-13(14)17/h2-3,8,10-11,20H,4-7,9,17H2,1H3,(H,18,21). The molecule has 5 nitrogen and oxygen atoms in total. The third-order valence-electron chi connectivity index (χ3n) is 3.97. The van der Waals surface area contributed by atoms with Crippen LogP contribution in [0.2, 0.25) is 5.02 Å². The minimum atomic E-state index is -0.269. The maximum absolute atomic E-state index is 12.0. The number of hydrogen-bond donors (Lipinski definition) is 3. The Hall–Kier alpha value is -1.30. The van der Waals surface area contributed by atoms with Gasteiger partial charge >= 0.3 is 0 Å². The molecule has 0 saturated carbocycles. The number of carbonyl (C=O) groups is 1. The van der Waals surface area contributed by atoms with Gasteiger partial charge in [0.1, 0.15) is 0 Å². The van der Waals surface area contributed by atoms with E-state index in [-0.39, 0.29) is 12.0 Å². The summed E-state index contributed by atoms with van der Waals surface area (Å²) in [7, 11) is 0. The Labute approximate surface area is 130 Å². The van der Waals surface area contributed by atoms with E-state index in [1.54, 1.807) is 18.2 Å². The normalized spacial score (nSPS) is 18.4. The number of nitrogen functional groups attached to an aromatic ring is 1. The number of piperidine rings is 1. The minimum absolute atomic E-state index is 0.0838. The van der Waals surface area contributed by atoms with E-state index in [1.165, 1.54) is 0 Å². The molecule has 6 heteroatoms. The number of aliphatic hydroxyl groups excluding tert-OH is 1. The molecule has 0 aromatic heterocycles. The van der Waals surface area contributed by atoms with E-state index < -0.39 is 0 Å². The van der Waals surface area contributed by atoms with Crippen LogP contribution in [0.1, 0.15) is 19.8 Å². The number of aliphatic hydroxyl groups is 1. The van der Waals surface area contributed by atoms with Crippen LogP contribution in [0, 0.1) is 5.92 Å². The quantitative estimate of drug-likeness (QED) is 0.743. The highest BCUT2D eigenvalue weighted by molar-refractivity contribution is 6.31. The van der Waals surface area contributed by atoms with Crippen molar-refractivity contribution in [2.45, 2.75) is 25.9 Å². The molecule has 116 valence electrons. The Morgan fingerprint density at radius 3 is 2.76 bits per heavy atom. The molecule has 1 heterocycles. The largest absolute Gasteiger partial charge is 0.397 e. The predicted molar refractivity (Wildman–Crippen MR) is 85.3 cm³/mol. The van der Waals surface area contributed by atoms with Crippen LogP contribution in [0.3, 0.4) is 0 Å². The van der Waals surface area contributed by atoms with Crippen LogP contribution in [-0.4, -0.2) is 41.7 Å². The molecule has 1 atom stereocenters. The molecule has 1 aromatic rings. The first-order valence-electron chi connectivity index (χ1n) is 7.21. The van der Waals surface area contributed by atoms with Gasteiger partial charge in [-0.15, -0.1) is 0 Å². The van der Waals surface area contributed by atoms with Gasteiger partial charge in [0.15, 0.2) is 0 Å². The second kappa shape index (κ2) is 7.11. The number of benzene rings is 1. The van der Waals surface area contributed by atoms with Gasteiger partial charge in [-0.2, -0.15) is 0 Å². The van der Waals surface area contributed by atoms with Crippen molar-refractivity contribution in [2.75, 3.05) is 30.7 Å². The number of anilines is 2. The summed E-state index contributed by atoms with van der Waals surface area (Å²) in [6.07, 6.45) is 1.58. The van der Waals surface area contributed by atoms with Gasteiger partial charge in [0.25, 0.3) is 0 Å². The van der Waals surface area contributed by atoms with Gasteiger partial charge in [-0.25, -0.2) is 0 Å². The van der Waals surface area contributed by atoms with Crippen molar-refractivity contribution >= 4 is 28.9 Å². The molecule has 0 spiro atoms. The lowest BCUT2D eigenvalue weighted by Crippen LogP contribution is -2.41. The van der Waals surface area contributed by atoms with Gasteiger partial charge in [0, 0.05) is 5.02 Å². The lowest BCUT2D eigenvalue weighted by molar-refractivity contribution is -0.117. The van der Waals surface area contributed by atoms with Crippen LogP contribution in [-0.2, 0) is 4.79 Å². The second-order valence-corrected chi connectivity index (χ2v) is 6.07. The lowest BCUT2D eigenvalue weighted by Gasteiger charge is -2.32. The number of rotatable bonds is 4. The Bertz CT molecular complexity index is 500. The summed E-state index contributed by atoms with van der Waals surface area (Å²) in [6.45, 7) is 3.84. The van der Waals surface area contributed by atoms with Crippen LogP contribution in [0.5, 0.6) is 0 Å². The van der Waals surface area contributed by atoms with Crippen molar-refractivity contribution in [3.8, 4) is 0 Å². The molecule has 0 aliphatic carbocycles. The third kappa shape index (κ3) is 4.59. The van der Waals surface area contributed by atoms with Crippen LogP contribution in [0.4, 0.5) is 11.4 Å². The van der Waals surface area contributed by atoms with Gasteiger partial charge in [-0.3, -0.25) is 9.69 Å². The number of halogens is 1. The molecular weight excluding hydrogens is 290 g/mol. The zero-order chi connectivity index (χ0) is 15.4. The molecular formula is C15H22ClN3O2. The average Bonchev–Trinajstić information content (AvgIpc) is 2.42. The maximum Gasteiger partial charge on any atom is 0.238 e. The third-order valence-corrected chi connectivity index (χ3v) is 4.20. The molecule has 1 saturated heterocycles. The predicted octanol–water partition coefficient (Wildman–Crippen LogP) is 1.95. The first-order valence-corrected chi connectivity index (χ1v) is 7.59. The highest BCUT2D eigenvalue weighted by Gasteiger charge is 2.23. The summed E-state index contributed by atoms with van der Waals surface area (Å²) in [6, 6.07) is 5.02. The topological polar surface area (TPSA) is 78.6 Å². The number of nitrogens with zero attached hydrogens (tertiary/aromatic N) is 1. The van der Waals surface area contributed by atoms with E-state index in [2.05, 4.69) is 10.2 Å². The SMILES string of the molecule is CC(O)C1CCN(CC(=O)Nc2ccc(Cl)cc2N)CC1. The van der Waals surface area contributed by atoms with Crippen LogP contribution >= 0.6 is 11.6 Å². The fourth-order valence-corrected chi connectivity index (χ4v) is 2.81.